The van der Waals surface area contributed by atoms with Crippen molar-refractivity contribution in [2.24, 2.45) is 0 Å². The fourth-order valence-corrected chi connectivity index (χ4v) is 2.28. The molecule has 6 nitrogen and oxygen atoms in total. The van der Waals surface area contributed by atoms with Gasteiger partial charge in [0.25, 0.3) is 16.8 Å². The molecule has 0 aromatic heterocycles. The number of nitro groups is 1. The Kier molecular flexibility index (Phi) is 3.15. The average Bonchev–Trinajstić information content (AvgIpc) is 2.57. The minimum atomic E-state index is -0.526. The monoisotopic (exact) mass is 264 g/mol. The van der Waals surface area contributed by atoms with E-state index in [0.717, 1.165) is 16.7 Å². The van der Waals surface area contributed by atoms with Crippen molar-refractivity contribution >= 4 is 34.7 Å². The van der Waals surface area contributed by atoms with Crippen LogP contribution in [0.1, 0.15) is 5.56 Å². The van der Waals surface area contributed by atoms with Crippen LogP contribution in [0.3, 0.4) is 0 Å². The van der Waals surface area contributed by atoms with Gasteiger partial charge in [0.15, 0.2) is 0 Å². The average molecular weight is 264 g/mol. The van der Waals surface area contributed by atoms with E-state index in [1.54, 1.807) is 12.1 Å². The van der Waals surface area contributed by atoms with Gasteiger partial charge >= 0.3 is 0 Å². The van der Waals surface area contributed by atoms with Crippen LogP contribution in [-0.2, 0) is 4.79 Å². The third-order valence-corrected chi connectivity index (χ3v) is 3.37. The molecule has 1 fully saturated rings. The lowest BCUT2D eigenvalue weighted by molar-refractivity contribution is -0.385. The minimum absolute atomic E-state index is 0.0968. The van der Waals surface area contributed by atoms with Crippen LogP contribution in [0.2, 0.25) is 0 Å². The highest BCUT2D eigenvalue weighted by molar-refractivity contribution is 8.18. The van der Waals surface area contributed by atoms with Gasteiger partial charge in [-0.05, 0) is 23.9 Å². The quantitative estimate of drug-likeness (QED) is 0.465. The molecule has 92 valence electrons. The number of carbonyl (C=O) groups is 2. The fraction of sp³-hybridized carbons (Fsp3) is 0.0909. The molecule has 0 spiro atoms. The number of amides is 2. The standard InChI is InChI=1S/C11H8N2O4S/c1-12-10(14)9(18-11(12)15)6-7-4-2-3-5-8(7)13(16)17/h2-6H,1H3/b9-6+. The van der Waals surface area contributed by atoms with Gasteiger partial charge in [0, 0.05) is 13.1 Å². The molecular weight excluding hydrogens is 256 g/mol. The highest BCUT2D eigenvalue weighted by atomic mass is 32.2. The van der Waals surface area contributed by atoms with Crippen LogP contribution in [0.25, 0.3) is 6.08 Å². The first-order valence-electron chi connectivity index (χ1n) is 4.95. The summed E-state index contributed by atoms with van der Waals surface area (Å²) in [5.74, 6) is -0.442. The molecule has 0 N–H and O–H groups in total. The number of nitro benzene ring substituents is 1. The van der Waals surface area contributed by atoms with Crippen LogP contribution in [0, 0.1) is 10.1 Å². The molecule has 1 aliphatic rings. The van der Waals surface area contributed by atoms with E-state index in [4.69, 9.17) is 0 Å². The van der Waals surface area contributed by atoms with Gasteiger partial charge in [-0.1, -0.05) is 12.1 Å². The number of benzene rings is 1. The van der Waals surface area contributed by atoms with Crippen LogP contribution in [-0.4, -0.2) is 28.0 Å². The maximum Gasteiger partial charge on any atom is 0.293 e. The van der Waals surface area contributed by atoms with E-state index in [0.29, 0.717) is 5.56 Å². The number of nitrogens with zero attached hydrogens (tertiary/aromatic N) is 2. The molecule has 0 radical (unpaired) electrons. The van der Waals surface area contributed by atoms with Gasteiger partial charge in [0.1, 0.15) is 0 Å². The summed E-state index contributed by atoms with van der Waals surface area (Å²) in [5.41, 5.74) is 0.210. The summed E-state index contributed by atoms with van der Waals surface area (Å²) >= 11 is 0.773. The van der Waals surface area contributed by atoms with E-state index >= 15 is 0 Å². The molecule has 1 aliphatic heterocycles. The van der Waals surface area contributed by atoms with E-state index in [1.807, 2.05) is 0 Å². The molecule has 2 rings (SSSR count). The molecule has 0 unspecified atom stereocenters. The molecule has 0 bridgehead atoms. The summed E-state index contributed by atoms with van der Waals surface area (Å²) in [5, 5.41) is 10.4. The number of thioether (sulfide) groups is 1. The first kappa shape index (κ1) is 12.3. The van der Waals surface area contributed by atoms with Crippen LogP contribution < -0.4 is 0 Å². The number of para-hydroxylation sites is 1. The Labute approximate surface area is 106 Å². The number of imide groups is 1. The van der Waals surface area contributed by atoms with Gasteiger partial charge in [-0.3, -0.25) is 24.6 Å². The Hall–Kier alpha value is -2.15. The van der Waals surface area contributed by atoms with Crippen LogP contribution in [0.5, 0.6) is 0 Å². The van der Waals surface area contributed by atoms with Gasteiger partial charge in [-0.15, -0.1) is 0 Å². The summed E-state index contributed by atoms with van der Waals surface area (Å²) < 4.78 is 0. The van der Waals surface area contributed by atoms with E-state index in [2.05, 4.69) is 0 Å². The first-order valence-corrected chi connectivity index (χ1v) is 5.77. The molecule has 18 heavy (non-hydrogen) atoms. The number of hydrogen-bond donors (Lipinski definition) is 0. The summed E-state index contributed by atoms with van der Waals surface area (Å²) in [6, 6.07) is 6.06. The summed E-state index contributed by atoms with van der Waals surface area (Å²) in [6.07, 6.45) is 1.37. The van der Waals surface area contributed by atoms with E-state index in [-0.39, 0.29) is 15.8 Å². The lowest BCUT2D eigenvalue weighted by atomic mass is 10.1. The molecule has 1 saturated heterocycles. The zero-order valence-corrected chi connectivity index (χ0v) is 10.1. The molecule has 0 atom stereocenters. The van der Waals surface area contributed by atoms with Crippen molar-refractivity contribution in [3.63, 3.8) is 0 Å². The third-order valence-electron chi connectivity index (χ3n) is 2.41. The second kappa shape index (κ2) is 4.61. The van der Waals surface area contributed by atoms with Crippen molar-refractivity contribution in [2.45, 2.75) is 0 Å². The van der Waals surface area contributed by atoms with Gasteiger partial charge in [-0.25, -0.2) is 0 Å². The van der Waals surface area contributed by atoms with Crippen molar-refractivity contribution in [3.05, 3.63) is 44.8 Å². The Morgan fingerprint density at radius 3 is 2.56 bits per heavy atom. The number of likely N-dealkylation sites (N-methyl/N-ethyl adjacent to an activating group) is 1. The summed E-state index contributed by atoms with van der Waals surface area (Å²) in [7, 11) is 1.37. The molecule has 2 amide bonds. The largest absolute Gasteiger partial charge is 0.293 e. The van der Waals surface area contributed by atoms with Crippen molar-refractivity contribution in [3.8, 4) is 0 Å². The SMILES string of the molecule is CN1C(=O)S/C(=C/c2ccccc2[N+](=O)[O-])C1=O. The van der Waals surface area contributed by atoms with E-state index in [1.165, 1.54) is 25.3 Å². The maximum atomic E-state index is 11.6. The van der Waals surface area contributed by atoms with E-state index < -0.39 is 10.8 Å². The zero-order chi connectivity index (χ0) is 13.3. The zero-order valence-electron chi connectivity index (χ0n) is 9.32. The molecule has 1 aromatic rings. The fourth-order valence-electron chi connectivity index (χ4n) is 1.46. The molecule has 7 heteroatoms. The van der Waals surface area contributed by atoms with Crippen molar-refractivity contribution in [2.75, 3.05) is 7.05 Å². The Morgan fingerprint density at radius 1 is 1.33 bits per heavy atom. The Morgan fingerprint density at radius 2 is 2.00 bits per heavy atom. The Balaban J connectivity index is 2.43. The highest BCUT2D eigenvalue weighted by Gasteiger charge is 2.32. The molecule has 0 aliphatic carbocycles. The van der Waals surface area contributed by atoms with Crippen molar-refractivity contribution in [1.82, 2.24) is 4.90 Å². The van der Waals surface area contributed by atoms with Gasteiger partial charge in [0.2, 0.25) is 0 Å². The molecule has 1 heterocycles. The van der Waals surface area contributed by atoms with Gasteiger partial charge < -0.3 is 0 Å². The second-order valence-corrected chi connectivity index (χ2v) is 4.55. The Bertz CT molecular complexity index is 582. The predicted molar refractivity (Wildman–Crippen MR) is 66.8 cm³/mol. The second-order valence-electron chi connectivity index (χ2n) is 3.56. The molecule has 0 saturated carbocycles. The minimum Gasteiger partial charge on any atom is -0.272 e. The molecular formula is C11H8N2O4S. The molecule has 1 aromatic carbocycles. The van der Waals surface area contributed by atoms with Gasteiger partial charge in [-0.2, -0.15) is 0 Å². The van der Waals surface area contributed by atoms with Crippen molar-refractivity contribution in [1.29, 1.82) is 0 Å². The topological polar surface area (TPSA) is 80.5 Å². The van der Waals surface area contributed by atoms with Crippen molar-refractivity contribution < 1.29 is 14.5 Å². The normalized spacial score (nSPS) is 17.6. The lowest BCUT2D eigenvalue weighted by Gasteiger charge is -2.01. The van der Waals surface area contributed by atoms with Crippen LogP contribution in [0.4, 0.5) is 10.5 Å². The third kappa shape index (κ3) is 2.12. The predicted octanol–water partition coefficient (Wildman–Crippen LogP) is 2.26. The lowest BCUT2D eigenvalue weighted by Crippen LogP contribution is -2.22. The smallest absolute Gasteiger partial charge is 0.272 e. The number of hydrogen-bond acceptors (Lipinski definition) is 5. The highest BCUT2D eigenvalue weighted by Crippen LogP contribution is 2.32. The van der Waals surface area contributed by atoms with E-state index in [9.17, 15) is 19.7 Å². The van der Waals surface area contributed by atoms with Crippen LogP contribution in [0.15, 0.2) is 29.2 Å². The summed E-state index contributed by atoms with van der Waals surface area (Å²) in [4.78, 5) is 34.4. The maximum absolute atomic E-state index is 11.6. The summed E-state index contributed by atoms with van der Waals surface area (Å²) in [6.45, 7) is 0. The number of rotatable bonds is 2. The van der Waals surface area contributed by atoms with Gasteiger partial charge in [0.05, 0.1) is 15.4 Å². The van der Waals surface area contributed by atoms with Crippen LogP contribution >= 0.6 is 11.8 Å². The first-order chi connectivity index (χ1) is 8.50. The number of carbonyl (C=O) groups excluding carboxylic acids is 2.